The second-order valence-corrected chi connectivity index (χ2v) is 3.36. The molecule has 2 nitrogen and oxygen atoms in total. The molecule has 15 heavy (non-hydrogen) atoms. The van der Waals surface area contributed by atoms with E-state index in [1.54, 1.807) is 25.3 Å². The molecule has 1 aromatic carbocycles. The summed E-state index contributed by atoms with van der Waals surface area (Å²) in [5.74, 6) is 0.834. The molecule has 0 unspecified atom stereocenters. The van der Waals surface area contributed by atoms with Crippen LogP contribution in [0.5, 0.6) is 5.75 Å². The van der Waals surface area contributed by atoms with Gasteiger partial charge in [0.1, 0.15) is 5.75 Å². The Balaban J connectivity index is 2.95. The van der Waals surface area contributed by atoms with E-state index in [1.807, 2.05) is 26.0 Å². The van der Waals surface area contributed by atoms with Crippen LogP contribution in [0.25, 0.3) is 0 Å². The van der Waals surface area contributed by atoms with Crippen molar-refractivity contribution in [2.75, 3.05) is 7.11 Å². The molecule has 0 fully saturated rings. The van der Waals surface area contributed by atoms with Gasteiger partial charge in [-0.15, -0.1) is 0 Å². The first kappa shape index (κ1) is 11.5. The van der Waals surface area contributed by atoms with Crippen LogP contribution in [0.4, 0.5) is 0 Å². The van der Waals surface area contributed by atoms with Crippen LogP contribution in [0, 0.1) is 6.92 Å². The molecule has 2 heteroatoms. The highest BCUT2D eigenvalue weighted by molar-refractivity contribution is 6.05. The van der Waals surface area contributed by atoms with Crippen LogP contribution in [0.3, 0.4) is 0 Å². The Morgan fingerprint density at radius 3 is 2.73 bits per heavy atom. The first-order valence-corrected chi connectivity index (χ1v) is 5.04. The highest BCUT2D eigenvalue weighted by atomic mass is 16.5. The molecule has 0 saturated heterocycles. The number of benzene rings is 1. The predicted octanol–water partition coefficient (Wildman–Crippen LogP) is 3.15. The fourth-order valence-electron chi connectivity index (χ4n) is 1.35. The summed E-state index contributed by atoms with van der Waals surface area (Å²) in [6.45, 7) is 3.92. The third-order valence-electron chi connectivity index (χ3n) is 2.20. The van der Waals surface area contributed by atoms with Gasteiger partial charge in [-0.25, -0.2) is 0 Å². The molecule has 80 valence electrons. The van der Waals surface area contributed by atoms with E-state index in [2.05, 4.69) is 0 Å². The minimum Gasteiger partial charge on any atom is -0.497 e. The van der Waals surface area contributed by atoms with Gasteiger partial charge in [-0.3, -0.25) is 4.79 Å². The van der Waals surface area contributed by atoms with Gasteiger partial charge in [0.2, 0.25) is 0 Å². The Morgan fingerprint density at radius 2 is 2.20 bits per heavy atom. The van der Waals surface area contributed by atoms with Crippen molar-refractivity contribution in [2.24, 2.45) is 0 Å². The van der Waals surface area contributed by atoms with E-state index in [1.165, 1.54) is 0 Å². The van der Waals surface area contributed by atoms with Crippen molar-refractivity contribution in [1.29, 1.82) is 0 Å². The topological polar surface area (TPSA) is 26.3 Å². The Hall–Kier alpha value is -1.57. The molecule has 0 aliphatic rings. The number of ketones is 1. The average Bonchev–Trinajstić information content (AvgIpc) is 2.25. The number of carbonyl (C=O) groups is 1. The van der Waals surface area contributed by atoms with Crippen molar-refractivity contribution in [2.45, 2.75) is 20.3 Å². The highest BCUT2D eigenvalue weighted by Crippen LogP contribution is 2.17. The number of allylic oxidation sites excluding steroid dienone is 2. The SMILES string of the molecule is CC/C=C/C(=O)c1ccc(OC)cc1C. The van der Waals surface area contributed by atoms with Gasteiger partial charge >= 0.3 is 0 Å². The number of rotatable bonds is 4. The fourth-order valence-corrected chi connectivity index (χ4v) is 1.35. The van der Waals surface area contributed by atoms with E-state index in [0.29, 0.717) is 0 Å². The van der Waals surface area contributed by atoms with E-state index in [-0.39, 0.29) is 5.78 Å². The van der Waals surface area contributed by atoms with Crippen LogP contribution in [-0.2, 0) is 0 Å². The number of ether oxygens (including phenoxy) is 1. The molecule has 0 N–H and O–H groups in total. The lowest BCUT2D eigenvalue weighted by Gasteiger charge is -2.04. The predicted molar refractivity (Wildman–Crippen MR) is 61.5 cm³/mol. The van der Waals surface area contributed by atoms with Crippen molar-refractivity contribution in [3.05, 3.63) is 41.5 Å². The molecule has 0 saturated carbocycles. The van der Waals surface area contributed by atoms with Crippen molar-refractivity contribution < 1.29 is 9.53 Å². The maximum Gasteiger partial charge on any atom is 0.185 e. The Bertz CT molecular complexity index is 378. The summed E-state index contributed by atoms with van der Waals surface area (Å²) in [5, 5.41) is 0. The number of hydrogen-bond acceptors (Lipinski definition) is 2. The van der Waals surface area contributed by atoms with Gasteiger partial charge in [0.05, 0.1) is 7.11 Å². The summed E-state index contributed by atoms with van der Waals surface area (Å²) >= 11 is 0. The first-order valence-electron chi connectivity index (χ1n) is 5.04. The van der Waals surface area contributed by atoms with Gasteiger partial charge in [0.25, 0.3) is 0 Å². The van der Waals surface area contributed by atoms with E-state index in [0.717, 1.165) is 23.3 Å². The second kappa shape index (κ2) is 5.35. The van der Waals surface area contributed by atoms with E-state index < -0.39 is 0 Å². The second-order valence-electron chi connectivity index (χ2n) is 3.36. The standard InChI is InChI=1S/C13H16O2/c1-4-5-6-13(14)12-8-7-11(15-3)9-10(12)2/h5-9H,4H2,1-3H3/b6-5+. The smallest absolute Gasteiger partial charge is 0.185 e. The molecule has 0 aromatic heterocycles. The number of carbonyl (C=O) groups excluding carboxylic acids is 1. The molecule has 0 heterocycles. The summed E-state index contributed by atoms with van der Waals surface area (Å²) < 4.78 is 5.08. The summed E-state index contributed by atoms with van der Waals surface area (Å²) in [6.07, 6.45) is 4.36. The van der Waals surface area contributed by atoms with Crippen molar-refractivity contribution in [3.8, 4) is 5.75 Å². The molecule has 1 aromatic rings. The summed E-state index contributed by atoms with van der Waals surface area (Å²) in [5.41, 5.74) is 1.68. The van der Waals surface area contributed by atoms with Gasteiger partial charge < -0.3 is 4.74 Å². The zero-order valence-corrected chi connectivity index (χ0v) is 9.41. The molecule has 0 radical (unpaired) electrons. The fraction of sp³-hybridized carbons (Fsp3) is 0.308. The summed E-state index contributed by atoms with van der Waals surface area (Å²) in [4.78, 5) is 11.7. The quantitative estimate of drug-likeness (QED) is 0.556. The molecule has 1 rings (SSSR count). The van der Waals surface area contributed by atoms with E-state index >= 15 is 0 Å². The first-order chi connectivity index (χ1) is 7.19. The number of aryl methyl sites for hydroxylation is 1. The lowest BCUT2D eigenvalue weighted by molar-refractivity contribution is 0.104. The number of hydrogen-bond donors (Lipinski definition) is 0. The molecule has 0 atom stereocenters. The molecule has 0 amide bonds. The van der Waals surface area contributed by atoms with E-state index in [9.17, 15) is 4.79 Å². The maximum absolute atomic E-state index is 11.7. The van der Waals surface area contributed by atoms with Crippen LogP contribution >= 0.6 is 0 Å². The molecule has 0 aliphatic heterocycles. The average molecular weight is 204 g/mol. The highest BCUT2D eigenvalue weighted by Gasteiger charge is 2.06. The zero-order chi connectivity index (χ0) is 11.3. The lowest BCUT2D eigenvalue weighted by Crippen LogP contribution is -1.98. The van der Waals surface area contributed by atoms with Gasteiger partial charge in [0.15, 0.2) is 5.78 Å². The largest absolute Gasteiger partial charge is 0.497 e. The van der Waals surface area contributed by atoms with Gasteiger partial charge in [-0.2, -0.15) is 0 Å². The molecule has 0 bridgehead atoms. The minimum absolute atomic E-state index is 0.0528. The summed E-state index contributed by atoms with van der Waals surface area (Å²) in [6, 6.07) is 5.48. The molecule has 0 spiro atoms. The Kier molecular flexibility index (Phi) is 4.10. The van der Waals surface area contributed by atoms with Crippen LogP contribution < -0.4 is 4.74 Å². The van der Waals surface area contributed by atoms with Gasteiger partial charge in [-0.1, -0.05) is 13.0 Å². The van der Waals surface area contributed by atoms with Crippen LogP contribution in [0.2, 0.25) is 0 Å². The van der Waals surface area contributed by atoms with Crippen LogP contribution in [0.15, 0.2) is 30.4 Å². The van der Waals surface area contributed by atoms with Crippen molar-refractivity contribution in [3.63, 3.8) is 0 Å². The zero-order valence-electron chi connectivity index (χ0n) is 9.41. The van der Waals surface area contributed by atoms with Crippen molar-refractivity contribution >= 4 is 5.78 Å². The van der Waals surface area contributed by atoms with Crippen LogP contribution in [-0.4, -0.2) is 12.9 Å². The Morgan fingerprint density at radius 1 is 1.47 bits per heavy atom. The molecule has 0 aliphatic carbocycles. The summed E-state index contributed by atoms with van der Waals surface area (Å²) in [7, 11) is 1.62. The Labute approximate surface area is 90.6 Å². The molecular weight excluding hydrogens is 188 g/mol. The van der Waals surface area contributed by atoms with Gasteiger partial charge in [-0.05, 0) is 43.2 Å². The third kappa shape index (κ3) is 2.94. The molecular formula is C13H16O2. The maximum atomic E-state index is 11.7. The van der Waals surface area contributed by atoms with Gasteiger partial charge in [0, 0.05) is 5.56 Å². The number of methoxy groups -OCH3 is 1. The van der Waals surface area contributed by atoms with E-state index in [4.69, 9.17) is 4.74 Å². The monoisotopic (exact) mass is 204 g/mol. The van der Waals surface area contributed by atoms with Crippen molar-refractivity contribution in [1.82, 2.24) is 0 Å². The lowest BCUT2D eigenvalue weighted by atomic mass is 10.0. The third-order valence-corrected chi connectivity index (χ3v) is 2.20. The normalized spacial score (nSPS) is 10.6. The minimum atomic E-state index is 0.0528. The van der Waals surface area contributed by atoms with Crippen LogP contribution in [0.1, 0.15) is 29.3 Å².